The van der Waals surface area contributed by atoms with Crippen LogP contribution in [-0.4, -0.2) is 0 Å². The Labute approximate surface area is 254 Å². The van der Waals surface area contributed by atoms with Crippen molar-refractivity contribution in [2.75, 3.05) is 0 Å². The molecule has 2 unspecified atom stereocenters. The van der Waals surface area contributed by atoms with Crippen molar-refractivity contribution in [3.63, 3.8) is 0 Å². The van der Waals surface area contributed by atoms with Gasteiger partial charge in [0.2, 0.25) is 0 Å². The lowest BCUT2D eigenvalue weighted by Gasteiger charge is -2.38. The van der Waals surface area contributed by atoms with E-state index in [0.717, 1.165) is 31.3 Å². The Balaban J connectivity index is 1.71. The molecule has 0 saturated heterocycles. The van der Waals surface area contributed by atoms with Gasteiger partial charge in [-0.25, -0.2) is 0 Å². The summed E-state index contributed by atoms with van der Waals surface area (Å²) >= 11 is 0. The largest absolute Gasteiger partial charge is 0.405 e. The Morgan fingerprint density at radius 2 is 1.86 bits per heavy atom. The van der Waals surface area contributed by atoms with Crippen LogP contribution in [0, 0.1) is 19.8 Å². The summed E-state index contributed by atoms with van der Waals surface area (Å²) < 4.78 is 0. The van der Waals surface area contributed by atoms with E-state index in [2.05, 4.69) is 132 Å². The molecule has 0 saturated carbocycles. The van der Waals surface area contributed by atoms with Crippen LogP contribution in [0.3, 0.4) is 0 Å². The molecule has 2 atom stereocenters. The zero-order chi connectivity index (χ0) is 30.1. The first-order valence-corrected chi connectivity index (χ1v) is 15.0. The van der Waals surface area contributed by atoms with Crippen molar-refractivity contribution in [2.45, 2.75) is 52.4 Å². The molecule has 42 heavy (non-hydrogen) atoms. The number of nitrogens with two attached hydrogens (primary N) is 1. The third-order valence-electron chi connectivity index (χ3n) is 8.34. The van der Waals surface area contributed by atoms with Crippen LogP contribution < -0.4 is 5.73 Å². The summed E-state index contributed by atoms with van der Waals surface area (Å²) in [6.07, 6.45) is 28.7. The summed E-state index contributed by atoms with van der Waals surface area (Å²) in [5.74, 6) is 0.358. The predicted octanol–water partition coefficient (Wildman–Crippen LogP) is 10.6. The molecule has 2 N–H and O–H groups in total. The fourth-order valence-corrected chi connectivity index (χ4v) is 6.30. The molecule has 1 nitrogen and oxygen atoms in total. The summed E-state index contributed by atoms with van der Waals surface area (Å²) in [7, 11) is 0. The van der Waals surface area contributed by atoms with E-state index in [4.69, 9.17) is 5.73 Å². The fourth-order valence-electron chi connectivity index (χ4n) is 6.30. The summed E-state index contributed by atoms with van der Waals surface area (Å²) in [6.45, 7) is 19.3. The smallest absolute Gasteiger partial charge is 0.0196 e. The Kier molecular flexibility index (Phi) is 10.6. The molecule has 0 bridgehead atoms. The zero-order valence-corrected chi connectivity index (χ0v) is 25.6. The lowest BCUT2D eigenvalue weighted by molar-refractivity contribution is 0.640. The fraction of sp³-hybridized carbons (Fsp3) is 0.220. The zero-order valence-electron chi connectivity index (χ0n) is 25.6. The molecule has 214 valence electrons. The molecule has 2 aromatic rings. The third-order valence-corrected chi connectivity index (χ3v) is 8.34. The maximum Gasteiger partial charge on any atom is 0.0196 e. The highest BCUT2D eigenvalue weighted by Crippen LogP contribution is 2.52. The lowest BCUT2D eigenvalue weighted by Crippen LogP contribution is -2.23. The van der Waals surface area contributed by atoms with E-state index in [1.54, 1.807) is 0 Å². The number of hydrogen-bond acceptors (Lipinski definition) is 1. The average Bonchev–Trinajstić information content (AvgIpc) is 2.99. The van der Waals surface area contributed by atoms with E-state index in [9.17, 15) is 0 Å². The Hall–Kier alpha value is -4.36. The van der Waals surface area contributed by atoms with Crippen molar-refractivity contribution in [1.29, 1.82) is 0 Å². The Morgan fingerprint density at radius 3 is 2.57 bits per heavy atom. The van der Waals surface area contributed by atoms with Crippen LogP contribution >= 0.6 is 0 Å². The molecule has 0 aromatic heterocycles. The van der Waals surface area contributed by atoms with Crippen LogP contribution in [0.25, 0.3) is 11.6 Å². The maximum absolute atomic E-state index is 5.38. The molecule has 2 aliphatic rings. The number of rotatable bonds is 11. The van der Waals surface area contributed by atoms with Gasteiger partial charge in [0.1, 0.15) is 0 Å². The normalized spacial score (nSPS) is 19.0. The second-order valence-corrected chi connectivity index (χ2v) is 11.2. The van der Waals surface area contributed by atoms with Gasteiger partial charge in [0.05, 0.1) is 0 Å². The molecular weight excluding hydrogens is 506 g/mol. The van der Waals surface area contributed by atoms with E-state index in [-0.39, 0.29) is 11.8 Å². The van der Waals surface area contributed by atoms with Gasteiger partial charge in [-0.3, -0.25) is 0 Å². The number of aryl methyl sites for hydroxylation is 2. The molecule has 2 aliphatic carbocycles. The van der Waals surface area contributed by atoms with Gasteiger partial charge in [0, 0.05) is 11.8 Å². The first-order valence-electron chi connectivity index (χ1n) is 15.0. The SMILES string of the molecule is C=CC1=C(c2ccc(C/C=C\C(=C)C/C=C\C=C/N)cc2C)C2=C(C=CCC2)C(c2ccc(C)c(/C=C\C)c2)C1C=C. The topological polar surface area (TPSA) is 26.0 Å². The summed E-state index contributed by atoms with van der Waals surface area (Å²) in [5.41, 5.74) is 19.7. The van der Waals surface area contributed by atoms with Crippen molar-refractivity contribution >= 4 is 11.6 Å². The van der Waals surface area contributed by atoms with Gasteiger partial charge in [-0.05, 0) is 114 Å². The van der Waals surface area contributed by atoms with E-state index in [1.807, 2.05) is 12.2 Å². The molecule has 0 aliphatic heterocycles. The predicted molar refractivity (Wildman–Crippen MR) is 185 cm³/mol. The minimum Gasteiger partial charge on any atom is -0.405 e. The summed E-state index contributed by atoms with van der Waals surface area (Å²) in [4.78, 5) is 0. The van der Waals surface area contributed by atoms with E-state index in [0.29, 0.717) is 0 Å². The number of benzene rings is 2. The van der Waals surface area contributed by atoms with Crippen molar-refractivity contribution in [3.8, 4) is 0 Å². The van der Waals surface area contributed by atoms with Crippen LogP contribution in [0.15, 0.2) is 145 Å². The highest BCUT2D eigenvalue weighted by atomic mass is 14.5. The van der Waals surface area contributed by atoms with Crippen LogP contribution in [-0.2, 0) is 6.42 Å². The van der Waals surface area contributed by atoms with Crippen molar-refractivity contribution in [3.05, 3.63) is 179 Å². The average molecular weight is 552 g/mol. The standard InChI is InChI=1S/C41H45N/c1-7-16-33-28-34(24-22-30(33)5)40-35(8-2)36(9-3)41(39-21-13-12-20-38(39)40)37-25-23-32(27-31(37)6)19-15-18-29(4)17-11-10-14-26-42/h7-12,14-16,18,20,22-28,35,40H,2-4,13,17,19,21,42H2,1,5-6H3/b11-10-,16-7-,18-15-,26-14-. The second kappa shape index (κ2) is 14.5. The second-order valence-electron chi connectivity index (χ2n) is 11.2. The minimum atomic E-state index is 0.141. The van der Waals surface area contributed by atoms with Crippen LogP contribution in [0.4, 0.5) is 0 Å². The van der Waals surface area contributed by atoms with Crippen LogP contribution in [0.5, 0.6) is 0 Å². The first-order chi connectivity index (χ1) is 20.4. The molecule has 0 fully saturated rings. The molecule has 4 rings (SSSR count). The Bertz CT molecular complexity index is 1560. The van der Waals surface area contributed by atoms with Crippen molar-refractivity contribution < 1.29 is 0 Å². The minimum absolute atomic E-state index is 0.141. The van der Waals surface area contributed by atoms with Gasteiger partial charge < -0.3 is 5.73 Å². The summed E-state index contributed by atoms with van der Waals surface area (Å²) in [5, 5.41) is 0. The lowest BCUT2D eigenvalue weighted by atomic mass is 9.65. The molecule has 2 aromatic carbocycles. The quantitative estimate of drug-likeness (QED) is 0.218. The van der Waals surface area contributed by atoms with Gasteiger partial charge in [-0.1, -0.05) is 116 Å². The third kappa shape index (κ3) is 6.74. The first kappa shape index (κ1) is 30.6. The van der Waals surface area contributed by atoms with Gasteiger partial charge in [-0.2, -0.15) is 0 Å². The molecule has 0 amide bonds. The molecule has 0 spiro atoms. The van der Waals surface area contributed by atoms with Crippen molar-refractivity contribution in [2.24, 2.45) is 11.7 Å². The van der Waals surface area contributed by atoms with Crippen LogP contribution in [0.2, 0.25) is 0 Å². The number of hydrogen-bond donors (Lipinski definition) is 1. The van der Waals surface area contributed by atoms with Gasteiger partial charge in [0.15, 0.2) is 0 Å². The molecule has 1 heteroatoms. The number of allylic oxidation sites excluding steroid dienone is 15. The van der Waals surface area contributed by atoms with E-state index >= 15 is 0 Å². The highest BCUT2D eigenvalue weighted by Gasteiger charge is 2.36. The Morgan fingerprint density at radius 1 is 1.02 bits per heavy atom. The van der Waals surface area contributed by atoms with E-state index < -0.39 is 0 Å². The van der Waals surface area contributed by atoms with E-state index in [1.165, 1.54) is 61.9 Å². The molecular formula is C41H45N. The highest BCUT2D eigenvalue weighted by molar-refractivity contribution is 5.89. The monoisotopic (exact) mass is 551 g/mol. The van der Waals surface area contributed by atoms with Crippen LogP contribution in [0.1, 0.15) is 65.5 Å². The van der Waals surface area contributed by atoms with Gasteiger partial charge in [-0.15, -0.1) is 6.58 Å². The van der Waals surface area contributed by atoms with Gasteiger partial charge >= 0.3 is 0 Å². The maximum atomic E-state index is 5.38. The summed E-state index contributed by atoms with van der Waals surface area (Å²) in [6, 6.07) is 13.8. The van der Waals surface area contributed by atoms with Crippen molar-refractivity contribution in [1.82, 2.24) is 0 Å². The van der Waals surface area contributed by atoms with Gasteiger partial charge in [0.25, 0.3) is 0 Å². The molecule has 0 heterocycles. The molecule has 0 radical (unpaired) electrons.